The minimum Gasteiger partial charge on any atom is -0.478 e. The van der Waals surface area contributed by atoms with Gasteiger partial charge >= 0.3 is 5.97 Å². The van der Waals surface area contributed by atoms with Crippen LogP contribution in [-0.2, 0) is 18.0 Å². The molecule has 0 amide bonds. The van der Waals surface area contributed by atoms with Crippen LogP contribution < -0.4 is 0 Å². The average molecular weight is 244 g/mol. The second-order valence-electron chi connectivity index (χ2n) is 2.73. The average Bonchev–Trinajstić information content (AvgIpc) is 2.48. The Balaban J connectivity index is 2.55. The van der Waals surface area contributed by atoms with Gasteiger partial charge < -0.3 is 9.84 Å². The predicted octanol–water partition coefficient (Wildman–Crippen LogP) is 1.57. The van der Waals surface area contributed by atoms with Gasteiger partial charge in [0.05, 0.1) is 24.5 Å². The van der Waals surface area contributed by atoms with Gasteiger partial charge in [-0.25, -0.2) is 9.78 Å². The summed E-state index contributed by atoms with van der Waals surface area (Å²) in [5, 5.41) is 8.79. The first kappa shape index (κ1) is 8.65. The van der Waals surface area contributed by atoms with E-state index in [4.69, 9.17) is 9.84 Å². The largest absolute Gasteiger partial charge is 0.478 e. The molecule has 1 aromatic rings. The van der Waals surface area contributed by atoms with Crippen molar-refractivity contribution in [2.75, 3.05) is 0 Å². The van der Waals surface area contributed by atoms with E-state index in [1.54, 1.807) is 6.07 Å². The molecule has 2 rings (SSSR count). The van der Waals surface area contributed by atoms with Crippen molar-refractivity contribution in [1.29, 1.82) is 0 Å². The van der Waals surface area contributed by atoms with E-state index in [0.29, 0.717) is 17.8 Å². The van der Waals surface area contributed by atoms with Crippen LogP contribution in [0, 0.1) is 0 Å². The minimum absolute atomic E-state index is 0.184. The monoisotopic (exact) mass is 243 g/mol. The number of halogens is 1. The third-order valence-electron chi connectivity index (χ3n) is 1.87. The first-order valence-electron chi connectivity index (χ1n) is 3.68. The van der Waals surface area contributed by atoms with Gasteiger partial charge in [-0.1, -0.05) is 0 Å². The standard InChI is InChI=1S/C8H6BrNO3/c9-7-5(8(11)12)1-4-2-13-3-6(4)10-7/h1H,2-3H2,(H,11,12). The number of carboxylic acid groups (broad SMARTS) is 1. The molecule has 0 atom stereocenters. The van der Waals surface area contributed by atoms with E-state index in [1.165, 1.54) is 0 Å². The van der Waals surface area contributed by atoms with Crippen LogP contribution in [0.1, 0.15) is 21.6 Å². The molecule has 1 N–H and O–H groups in total. The Morgan fingerprint density at radius 3 is 3.08 bits per heavy atom. The molecule has 0 saturated heterocycles. The van der Waals surface area contributed by atoms with Crippen molar-refractivity contribution in [2.45, 2.75) is 13.2 Å². The number of nitrogens with zero attached hydrogens (tertiary/aromatic N) is 1. The molecule has 13 heavy (non-hydrogen) atoms. The number of hydrogen-bond acceptors (Lipinski definition) is 3. The second kappa shape index (κ2) is 3.08. The van der Waals surface area contributed by atoms with Crippen LogP contribution in [-0.4, -0.2) is 16.1 Å². The maximum absolute atomic E-state index is 10.7. The van der Waals surface area contributed by atoms with E-state index in [9.17, 15) is 4.79 Å². The van der Waals surface area contributed by atoms with Gasteiger partial charge in [0, 0.05) is 5.56 Å². The summed E-state index contributed by atoms with van der Waals surface area (Å²) in [5.41, 5.74) is 1.86. The molecule has 0 radical (unpaired) electrons. The van der Waals surface area contributed by atoms with Crippen molar-refractivity contribution < 1.29 is 14.6 Å². The van der Waals surface area contributed by atoms with Crippen molar-refractivity contribution in [3.8, 4) is 0 Å². The van der Waals surface area contributed by atoms with Crippen molar-refractivity contribution in [3.05, 3.63) is 27.5 Å². The summed E-state index contributed by atoms with van der Waals surface area (Å²) in [6.07, 6.45) is 0. The first-order valence-corrected chi connectivity index (χ1v) is 4.47. The lowest BCUT2D eigenvalue weighted by molar-refractivity contribution is 0.0695. The fraction of sp³-hybridized carbons (Fsp3) is 0.250. The molecule has 68 valence electrons. The van der Waals surface area contributed by atoms with Gasteiger partial charge in [-0.2, -0.15) is 0 Å². The van der Waals surface area contributed by atoms with Crippen LogP contribution in [0.3, 0.4) is 0 Å². The summed E-state index contributed by atoms with van der Waals surface area (Å²) >= 11 is 3.10. The molecule has 1 aliphatic rings. The lowest BCUT2D eigenvalue weighted by atomic mass is 10.2. The Hall–Kier alpha value is -0.940. The number of hydrogen-bond donors (Lipinski definition) is 1. The van der Waals surface area contributed by atoms with Crippen molar-refractivity contribution in [1.82, 2.24) is 4.98 Å². The van der Waals surface area contributed by atoms with Crippen molar-refractivity contribution in [2.24, 2.45) is 0 Å². The molecule has 0 fully saturated rings. The number of pyridine rings is 1. The van der Waals surface area contributed by atoms with Crippen LogP contribution in [0.5, 0.6) is 0 Å². The number of aromatic nitrogens is 1. The molecule has 1 aliphatic heterocycles. The molecular formula is C8H6BrNO3. The Kier molecular flexibility index (Phi) is 2.05. The Labute approximate surface area is 82.7 Å². The summed E-state index contributed by atoms with van der Waals surface area (Å²) in [5.74, 6) is -0.978. The number of ether oxygens (including phenoxy) is 1. The zero-order valence-electron chi connectivity index (χ0n) is 6.58. The Bertz CT molecular complexity index is 378. The highest BCUT2D eigenvalue weighted by Crippen LogP contribution is 2.23. The maximum Gasteiger partial charge on any atom is 0.338 e. The normalized spacial score (nSPS) is 14.2. The van der Waals surface area contributed by atoms with Crippen molar-refractivity contribution in [3.63, 3.8) is 0 Å². The van der Waals surface area contributed by atoms with E-state index in [1.807, 2.05) is 0 Å². The molecule has 4 nitrogen and oxygen atoms in total. The molecule has 0 aromatic carbocycles. The van der Waals surface area contributed by atoms with Crippen LogP contribution in [0.15, 0.2) is 10.7 Å². The SMILES string of the molecule is O=C(O)c1cc2c(nc1Br)COC2. The molecule has 5 heteroatoms. The third-order valence-corrected chi connectivity index (χ3v) is 2.48. The summed E-state index contributed by atoms with van der Waals surface area (Å²) in [6.45, 7) is 0.920. The summed E-state index contributed by atoms with van der Waals surface area (Å²) in [7, 11) is 0. The molecule has 2 heterocycles. The van der Waals surface area contributed by atoms with E-state index in [-0.39, 0.29) is 5.56 Å². The smallest absolute Gasteiger partial charge is 0.338 e. The lowest BCUT2D eigenvalue weighted by Gasteiger charge is -2.01. The predicted molar refractivity (Wildman–Crippen MR) is 47.4 cm³/mol. The molecule has 0 aliphatic carbocycles. The van der Waals surface area contributed by atoms with E-state index in [2.05, 4.69) is 20.9 Å². The molecule has 1 aromatic heterocycles. The molecule has 0 spiro atoms. The quantitative estimate of drug-likeness (QED) is 0.761. The molecular weight excluding hydrogens is 238 g/mol. The van der Waals surface area contributed by atoms with Crippen LogP contribution in [0.4, 0.5) is 0 Å². The minimum atomic E-state index is -0.978. The number of fused-ring (bicyclic) bond motifs is 1. The fourth-order valence-electron chi connectivity index (χ4n) is 1.23. The summed E-state index contributed by atoms with van der Waals surface area (Å²) < 4.78 is 5.49. The molecule has 0 bridgehead atoms. The maximum atomic E-state index is 10.7. The second-order valence-corrected chi connectivity index (χ2v) is 3.48. The number of carbonyl (C=O) groups is 1. The number of rotatable bonds is 1. The van der Waals surface area contributed by atoms with Crippen molar-refractivity contribution >= 4 is 21.9 Å². The van der Waals surface area contributed by atoms with E-state index < -0.39 is 5.97 Å². The van der Waals surface area contributed by atoms with Crippen LogP contribution in [0.2, 0.25) is 0 Å². The zero-order valence-corrected chi connectivity index (χ0v) is 8.17. The van der Waals surface area contributed by atoms with Gasteiger partial charge in [0.25, 0.3) is 0 Å². The number of aromatic carboxylic acids is 1. The van der Waals surface area contributed by atoms with Gasteiger partial charge in [-0.3, -0.25) is 0 Å². The Morgan fingerprint density at radius 1 is 1.62 bits per heavy atom. The van der Waals surface area contributed by atoms with E-state index in [0.717, 1.165) is 11.3 Å². The number of carboxylic acids is 1. The van der Waals surface area contributed by atoms with Gasteiger partial charge in [-0.05, 0) is 22.0 Å². The first-order chi connectivity index (χ1) is 6.18. The molecule has 0 unspecified atom stereocenters. The van der Waals surface area contributed by atoms with E-state index >= 15 is 0 Å². The summed E-state index contributed by atoms with van der Waals surface area (Å²) in [4.78, 5) is 14.8. The molecule has 0 saturated carbocycles. The Morgan fingerprint density at radius 2 is 2.38 bits per heavy atom. The zero-order chi connectivity index (χ0) is 9.42. The van der Waals surface area contributed by atoms with Crippen LogP contribution >= 0.6 is 15.9 Å². The van der Waals surface area contributed by atoms with Gasteiger partial charge in [0.1, 0.15) is 4.60 Å². The highest BCUT2D eigenvalue weighted by molar-refractivity contribution is 9.10. The topological polar surface area (TPSA) is 59.4 Å². The highest BCUT2D eigenvalue weighted by Gasteiger charge is 2.18. The summed E-state index contributed by atoms with van der Waals surface area (Å²) in [6, 6.07) is 1.60. The van der Waals surface area contributed by atoms with Crippen LogP contribution in [0.25, 0.3) is 0 Å². The lowest BCUT2D eigenvalue weighted by Crippen LogP contribution is -2.02. The third kappa shape index (κ3) is 1.45. The van der Waals surface area contributed by atoms with Gasteiger partial charge in [-0.15, -0.1) is 0 Å². The fourth-order valence-corrected chi connectivity index (χ4v) is 1.72. The van der Waals surface area contributed by atoms with Gasteiger partial charge in [0.15, 0.2) is 0 Å². The van der Waals surface area contributed by atoms with Gasteiger partial charge in [0.2, 0.25) is 0 Å². The highest BCUT2D eigenvalue weighted by atomic mass is 79.9.